The molecule has 13 heteroatoms. The van der Waals surface area contributed by atoms with Crippen LogP contribution < -0.4 is 35.9 Å². The van der Waals surface area contributed by atoms with E-state index in [0.717, 1.165) is 48.7 Å². The van der Waals surface area contributed by atoms with Gasteiger partial charge in [-0.2, -0.15) is 0 Å². The van der Waals surface area contributed by atoms with Gasteiger partial charge < -0.3 is 45.7 Å². The molecule has 0 unspecified atom stereocenters. The van der Waals surface area contributed by atoms with Crippen LogP contribution in [0.1, 0.15) is 37.0 Å². The van der Waals surface area contributed by atoms with E-state index in [0.29, 0.717) is 54.1 Å². The molecule has 266 valence electrons. The number of rotatable bonds is 10. The zero-order chi connectivity index (χ0) is 34.5. The number of benzene rings is 3. The summed E-state index contributed by atoms with van der Waals surface area (Å²) >= 11 is 13.0. The third-order valence-electron chi connectivity index (χ3n) is 8.83. The molecule has 3 aromatic carbocycles. The quantitative estimate of drug-likeness (QED) is 0.139. The lowest BCUT2D eigenvalue weighted by atomic mass is 10.0. The second-order valence-corrected chi connectivity index (χ2v) is 13.3. The van der Waals surface area contributed by atoms with Crippen molar-refractivity contribution >= 4 is 40.8 Å². The van der Waals surface area contributed by atoms with Crippen molar-refractivity contribution < 1.29 is 50.1 Å². The van der Waals surface area contributed by atoms with Crippen molar-refractivity contribution in [1.29, 1.82) is 0 Å². The van der Waals surface area contributed by atoms with Gasteiger partial charge in [-0.3, -0.25) is 9.59 Å². The van der Waals surface area contributed by atoms with Crippen molar-refractivity contribution in [3.63, 3.8) is 0 Å². The Balaban J connectivity index is 0.00000486. The maximum absolute atomic E-state index is 11.7. The van der Waals surface area contributed by atoms with E-state index in [1.807, 2.05) is 71.5 Å². The normalized spacial score (nSPS) is 19.1. The van der Waals surface area contributed by atoms with Gasteiger partial charge in [-0.15, -0.1) is 0 Å². The summed E-state index contributed by atoms with van der Waals surface area (Å²) in [5, 5.41) is 0.981. The van der Waals surface area contributed by atoms with Crippen LogP contribution in [-0.4, -0.2) is 66.8 Å². The number of anilines is 1. The Hall–Kier alpha value is -3.61. The molecule has 50 heavy (non-hydrogen) atoms. The van der Waals surface area contributed by atoms with Gasteiger partial charge in [0.15, 0.2) is 0 Å². The summed E-state index contributed by atoms with van der Waals surface area (Å²) in [7, 11) is 0. The molecule has 4 aromatic rings. The Morgan fingerprint density at radius 3 is 2.44 bits per heavy atom. The fourth-order valence-electron chi connectivity index (χ4n) is 6.32. The van der Waals surface area contributed by atoms with E-state index in [1.165, 1.54) is 6.92 Å². The van der Waals surface area contributed by atoms with Gasteiger partial charge in [-0.1, -0.05) is 35.3 Å². The van der Waals surface area contributed by atoms with Gasteiger partial charge in [-0.05, 0) is 66.6 Å². The summed E-state index contributed by atoms with van der Waals surface area (Å²) in [6.07, 6.45) is 6.35. The number of amides is 1. The Kier molecular flexibility index (Phi) is 12.5. The number of piperazine rings is 1. The molecule has 0 bridgehead atoms. The van der Waals surface area contributed by atoms with Crippen LogP contribution in [-0.2, 0) is 37.9 Å². The predicted molar refractivity (Wildman–Crippen MR) is 186 cm³/mol. The molecule has 3 heterocycles. The van der Waals surface area contributed by atoms with Gasteiger partial charge in [0.25, 0.3) is 0 Å². The van der Waals surface area contributed by atoms with E-state index in [1.54, 1.807) is 19.1 Å². The van der Waals surface area contributed by atoms with Gasteiger partial charge in [0.1, 0.15) is 43.6 Å². The Labute approximate surface area is 313 Å². The molecule has 1 aromatic heterocycles. The number of aryl methyl sites for hydroxylation is 1. The lowest BCUT2D eigenvalue weighted by molar-refractivity contribution is -0.688. The largest absolute Gasteiger partial charge is 1.00 e. The number of halogens is 3. The number of imidazole rings is 1. The van der Waals surface area contributed by atoms with Crippen LogP contribution in [0.5, 0.6) is 11.5 Å². The molecule has 6 rings (SSSR count). The number of nitrogens with zero attached hydrogens (tertiary/aromatic N) is 4. The van der Waals surface area contributed by atoms with Crippen molar-refractivity contribution in [3.05, 3.63) is 106 Å². The second-order valence-electron chi connectivity index (χ2n) is 12.5. The van der Waals surface area contributed by atoms with E-state index in [4.69, 9.17) is 42.1 Å². The first-order valence-corrected chi connectivity index (χ1v) is 17.2. The number of hydrogen-bond donors (Lipinski definition) is 0. The molecular formula is C37H41BrCl2N4O6. The lowest BCUT2D eigenvalue weighted by Gasteiger charge is -2.40. The summed E-state index contributed by atoms with van der Waals surface area (Å²) in [6.45, 7) is 9.74. The molecule has 0 radical (unpaired) electrons. The van der Waals surface area contributed by atoms with Crippen LogP contribution >= 0.6 is 23.2 Å². The second kappa shape index (κ2) is 16.6. The first-order chi connectivity index (χ1) is 23.6. The van der Waals surface area contributed by atoms with Crippen molar-refractivity contribution in [2.24, 2.45) is 0 Å². The van der Waals surface area contributed by atoms with Crippen LogP contribution in [0.4, 0.5) is 5.69 Å². The minimum atomic E-state index is -1.18. The number of esters is 1. The molecule has 10 nitrogen and oxygen atoms in total. The number of carbonyl (C=O) groups is 2. The molecule has 0 N–H and O–H groups in total. The summed E-state index contributed by atoms with van der Waals surface area (Å²) in [5.41, 5.74) is 3.75. The van der Waals surface area contributed by atoms with Gasteiger partial charge in [0.05, 0.1) is 17.7 Å². The molecule has 2 aliphatic rings. The van der Waals surface area contributed by atoms with E-state index in [9.17, 15) is 9.59 Å². The Bertz CT molecular complexity index is 1800. The van der Waals surface area contributed by atoms with E-state index in [-0.39, 0.29) is 35.0 Å². The number of hydrogen-bond acceptors (Lipinski definition) is 7. The summed E-state index contributed by atoms with van der Waals surface area (Å²) in [6, 6.07) is 19.2. The number of aromatic nitrogens is 2. The van der Waals surface area contributed by atoms with Crippen LogP contribution in [0, 0.1) is 6.92 Å². The topological polar surface area (TPSA) is 86.4 Å². The standard InChI is InChI=1S/C37H41Cl2N4O6.BrH/c1-26-20-29(4-11-36(26)48-28(3)45)22-40-13-14-41(25-40)24-37(34-10-5-30(38)21-35(34)39)47-19-12-33(49-37)23-46-32-8-6-31(7-9-32)43-17-15-42(16-18-43)27(2)44;/h4-11,13-14,20-21,25,33H,12,15-19,22-24H2,1-3H3;1H/q+1;/p-1/t33-,37-;/m0./s1. The average molecular weight is 789 g/mol. The molecule has 0 aliphatic carbocycles. The van der Waals surface area contributed by atoms with E-state index in [2.05, 4.69) is 21.6 Å². The molecule has 0 spiro atoms. The third-order valence-corrected chi connectivity index (χ3v) is 9.38. The average Bonchev–Trinajstić information content (AvgIpc) is 3.51. The molecule has 1 amide bonds. The fourth-order valence-corrected chi connectivity index (χ4v) is 6.87. The molecular weight excluding hydrogens is 747 g/mol. The maximum Gasteiger partial charge on any atom is 0.308 e. The molecule has 0 saturated carbocycles. The minimum absolute atomic E-state index is 0. The summed E-state index contributed by atoms with van der Waals surface area (Å²) in [5.74, 6) is -0.0968. The highest BCUT2D eigenvalue weighted by Crippen LogP contribution is 2.40. The monoisotopic (exact) mass is 786 g/mol. The number of ether oxygens (including phenoxy) is 4. The van der Waals surface area contributed by atoms with Crippen molar-refractivity contribution in [3.8, 4) is 11.5 Å². The molecule has 2 fully saturated rings. The fraction of sp³-hybridized carbons (Fsp3) is 0.378. The Morgan fingerprint density at radius 2 is 1.76 bits per heavy atom. The first kappa shape index (κ1) is 37.6. The smallest absolute Gasteiger partial charge is 0.308 e. The van der Waals surface area contributed by atoms with E-state index >= 15 is 0 Å². The predicted octanol–water partition coefficient (Wildman–Crippen LogP) is 2.77. The SMILES string of the molecule is CC(=O)Oc1ccc(C[n+]2ccn(C[C@]3(c4ccc(Cl)cc4Cl)OCC[C@@H](COc4ccc(N5CCN(C(C)=O)CC5)cc4)O3)c2)cc1C.[Br-]. The summed E-state index contributed by atoms with van der Waals surface area (Å²) < 4.78 is 28.8. The van der Waals surface area contributed by atoms with Gasteiger partial charge in [0.2, 0.25) is 18.0 Å². The first-order valence-electron chi connectivity index (χ1n) is 16.4. The third kappa shape index (κ3) is 9.18. The van der Waals surface area contributed by atoms with Crippen LogP contribution in [0.25, 0.3) is 0 Å². The number of carbonyl (C=O) groups excluding carboxylic acids is 2. The van der Waals surface area contributed by atoms with Crippen LogP contribution in [0.3, 0.4) is 0 Å². The van der Waals surface area contributed by atoms with Gasteiger partial charge in [0, 0.05) is 62.7 Å². The van der Waals surface area contributed by atoms with Crippen molar-refractivity contribution in [2.75, 3.05) is 44.3 Å². The lowest BCUT2D eigenvalue weighted by Crippen LogP contribution is -3.00. The highest BCUT2D eigenvalue weighted by Gasteiger charge is 2.44. The zero-order valence-electron chi connectivity index (χ0n) is 28.3. The molecule has 2 atom stereocenters. The Morgan fingerprint density at radius 1 is 1.00 bits per heavy atom. The minimum Gasteiger partial charge on any atom is -1.00 e. The zero-order valence-corrected chi connectivity index (χ0v) is 31.4. The molecule has 2 saturated heterocycles. The maximum atomic E-state index is 11.7. The highest BCUT2D eigenvalue weighted by molar-refractivity contribution is 6.35. The highest BCUT2D eigenvalue weighted by atomic mass is 79.9. The van der Waals surface area contributed by atoms with Crippen molar-refractivity contribution in [2.45, 2.75) is 52.2 Å². The van der Waals surface area contributed by atoms with Gasteiger partial charge >= 0.3 is 5.97 Å². The van der Waals surface area contributed by atoms with Crippen LogP contribution in [0.2, 0.25) is 10.0 Å². The van der Waals surface area contributed by atoms with Crippen LogP contribution in [0.15, 0.2) is 79.4 Å². The van der Waals surface area contributed by atoms with Crippen molar-refractivity contribution in [1.82, 2.24) is 9.47 Å². The van der Waals surface area contributed by atoms with E-state index < -0.39 is 5.79 Å². The summed E-state index contributed by atoms with van der Waals surface area (Å²) in [4.78, 5) is 27.2. The van der Waals surface area contributed by atoms with Gasteiger partial charge in [-0.25, -0.2) is 9.13 Å². The molecule has 2 aliphatic heterocycles.